The van der Waals surface area contributed by atoms with Crippen LogP contribution in [0.5, 0.6) is 0 Å². The lowest BCUT2D eigenvalue weighted by atomic mass is 9.85. The van der Waals surface area contributed by atoms with Crippen molar-refractivity contribution in [2.45, 2.75) is 70.2 Å². The number of aryl methyl sites for hydroxylation is 1. The van der Waals surface area contributed by atoms with Gasteiger partial charge in [0.05, 0.1) is 47.5 Å². The molecule has 2 N–H and O–H groups in total. The van der Waals surface area contributed by atoms with Crippen LogP contribution in [-0.4, -0.2) is 54.8 Å². The quantitative estimate of drug-likeness (QED) is 0.518. The van der Waals surface area contributed by atoms with Crippen LogP contribution in [0.4, 0.5) is 10.5 Å². The van der Waals surface area contributed by atoms with E-state index in [4.69, 9.17) is 21.3 Å². The van der Waals surface area contributed by atoms with Gasteiger partial charge in [-0.25, -0.2) is 9.78 Å². The fraction of sp³-hybridized carbons (Fsp3) is 0.520. The van der Waals surface area contributed by atoms with E-state index in [0.717, 1.165) is 48.0 Å². The summed E-state index contributed by atoms with van der Waals surface area (Å²) >= 11 is 6.01. The Labute approximate surface area is 213 Å². The monoisotopic (exact) mass is 515 g/mol. The highest BCUT2D eigenvalue weighted by atomic mass is 35.5. The molecule has 0 radical (unpaired) electrons. The summed E-state index contributed by atoms with van der Waals surface area (Å²) in [7, 11) is 1.37. The Morgan fingerprint density at radius 1 is 1.28 bits per heavy atom. The number of hydrogen-bond donors (Lipinski definition) is 2. The molecule has 1 fully saturated rings. The SMILES string of the molecule is COC(=O)N1c2ccc3c(nc(C(O)Cn4cc(Cl)cn4)n3C3CCCC(C(=O)O)C3)c2CCC1C. The lowest BCUT2D eigenvalue weighted by Gasteiger charge is -2.34. The Kier molecular flexibility index (Phi) is 6.65. The third kappa shape index (κ3) is 4.32. The number of anilines is 1. The zero-order chi connectivity index (χ0) is 25.6. The molecule has 4 atom stereocenters. The molecule has 5 rings (SSSR count). The normalized spacial score (nSPS) is 22.9. The molecular weight excluding hydrogens is 486 g/mol. The molecule has 1 aliphatic heterocycles. The molecule has 1 aromatic carbocycles. The van der Waals surface area contributed by atoms with Crippen molar-refractivity contribution in [1.29, 1.82) is 0 Å². The number of halogens is 1. The molecule has 0 spiro atoms. The van der Waals surface area contributed by atoms with Crippen molar-refractivity contribution in [1.82, 2.24) is 19.3 Å². The molecule has 3 aromatic rings. The average molecular weight is 516 g/mol. The number of rotatable bonds is 5. The highest BCUT2D eigenvalue weighted by Gasteiger charge is 2.35. The van der Waals surface area contributed by atoms with Gasteiger partial charge in [-0.05, 0) is 51.2 Å². The van der Waals surface area contributed by atoms with Crippen molar-refractivity contribution < 1.29 is 24.5 Å². The molecule has 0 saturated heterocycles. The van der Waals surface area contributed by atoms with Crippen molar-refractivity contribution in [2.75, 3.05) is 12.0 Å². The molecule has 10 nitrogen and oxygen atoms in total. The first-order valence-corrected chi connectivity index (χ1v) is 12.7. The van der Waals surface area contributed by atoms with E-state index >= 15 is 0 Å². The number of amides is 1. The number of nitrogens with zero attached hydrogens (tertiary/aromatic N) is 5. The standard InChI is InChI=1S/C25H30ClN5O5/c1-14-6-7-18-19(30(14)25(35)36-2)8-9-20-22(18)28-23(21(32)13-29-12-16(26)11-27-29)31(20)17-5-3-4-15(10-17)24(33)34/h8-9,11-12,14-15,17,21,32H,3-7,10,13H2,1-2H3,(H,33,34). The number of aliphatic carboxylic acids is 1. The molecule has 192 valence electrons. The minimum atomic E-state index is -0.992. The first kappa shape index (κ1) is 24.6. The third-order valence-electron chi connectivity index (χ3n) is 7.47. The van der Waals surface area contributed by atoms with Crippen LogP contribution in [-0.2, 0) is 22.5 Å². The number of ether oxygens (including phenoxy) is 1. The van der Waals surface area contributed by atoms with E-state index in [1.165, 1.54) is 13.3 Å². The fourth-order valence-corrected chi connectivity index (χ4v) is 5.89. The van der Waals surface area contributed by atoms with Gasteiger partial charge in [0.1, 0.15) is 11.9 Å². The summed E-state index contributed by atoms with van der Waals surface area (Å²) in [6.07, 6.45) is 5.90. The molecule has 3 heterocycles. The summed E-state index contributed by atoms with van der Waals surface area (Å²) in [5.74, 6) is -0.772. The predicted molar refractivity (Wildman–Crippen MR) is 133 cm³/mol. The second-order valence-electron chi connectivity index (χ2n) is 9.75. The van der Waals surface area contributed by atoms with Crippen molar-refractivity contribution in [3.63, 3.8) is 0 Å². The van der Waals surface area contributed by atoms with Gasteiger partial charge in [-0.2, -0.15) is 5.10 Å². The number of carboxylic acids is 1. The molecule has 2 aromatic heterocycles. The molecular formula is C25H30ClN5O5. The largest absolute Gasteiger partial charge is 0.481 e. The van der Waals surface area contributed by atoms with Crippen LogP contribution in [0.2, 0.25) is 5.02 Å². The number of aromatic nitrogens is 4. The Morgan fingerprint density at radius 3 is 2.78 bits per heavy atom. The van der Waals surface area contributed by atoms with E-state index in [2.05, 4.69) is 5.10 Å². The van der Waals surface area contributed by atoms with Gasteiger partial charge in [-0.3, -0.25) is 14.4 Å². The van der Waals surface area contributed by atoms with E-state index in [0.29, 0.717) is 23.7 Å². The summed E-state index contributed by atoms with van der Waals surface area (Å²) < 4.78 is 8.62. The lowest BCUT2D eigenvalue weighted by Crippen LogP contribution is -2.42. The Hall–Kier alpha value is -3.11. The number of carbonyl (C=O) groups is 2. The average Bonchev–Trinajstić information content (AvgIpc) is 3.46. The molecule has 1 amide bonds. The molecule has 0 bridgehead atoms. The first-order chi connectivity index (χ1) is 17.3. The zero-order valence-corrected chi connectivity index (χ0v) is 21.1. The van der Waals surface area contributed by atoms with E-state index in [1.54, 1.807) is 15.8 Å². The van der Waals surface area contributed by atoms with Crippen LogP contribution in [0.3, 0.4) is 0 Å². The number of fused-ring (bicyclic) bond motifs is 3. The first-order valence-electron chi connectivity index (χ1n) is 12.3. The van der Waals surface area contributed by atoms with E-state index in [-0.39, 0.29) is 18.6 Å². The Bertz CT molecular complexity index is 1300. The zero-order valence-electron chi connectivity index (χ0n) is 20.3. The van der Waals surface area contributed by atoms with Crippen LogP contribution in [0.1, 0.15) is 62.6 Å². The molecule has 1 saturated carbocycles. The number of aliphatic hydroxyl groups excluding tert-OH is 1. The van der Waals surface area contributed by atoms with Gasteiger partial charge in [0, 0.05) is 23.8 Å². The summed E-state index contributed by atoms with van der Waals surface area (Å²) in [5, 5.41) is 25.6. The van der Waals surface area contributed by atoms with Gasteiger partial charge in [0.2, 0.25) is 0 Å². The molecule has 2 aliphatic rings. The van der Waals surface area contributed by atoms with Crippen LogP contribution in [0, 0.1) is 5.92 Å². The fourth-order valence-electron chi connectivity index (χ4n) is 5.73. The van der Waals surface area contributed by atoms with Crippen molar-refractivity contribution in [2.24, 2.45) is 5.92 Å². The van der Waals surface area contributed by atoms with Crippen LogP contribution in [0.15, 0.2) is 24.5 Å². The number of benzene rings is 1. The molecule has 4 unspecified atom stereocenters. The molecule has 11 heteroatoms. The van der Waals surface area contributed by atoms with Gasteiger partial charge in [-0.1, -0.05) is 18.0 Å². The maximum Gasteiger partial charge on any atom is 0.414 e. The summed E-state index contributed by atoms with van der Waals surface area (Å²) in [5.41, 5.74) is 3.23. The Morgan fingerprint density at radius 2 is 2.08 bits per heavy atom. The maximum absolute atomic E-state index is 12.6. The maximum atomic E-state index is 12.6. The van der Waals surface area contributed by atoms with Crippen LogP contribution in [0.25, 0.3) is 11.0 Å². The lowest BCUT2D eigenvalue weighted by molar-refractivity contribution is -0.143. The van der Waals surface area contributed by atoms with E-state index in [9.17, 15) is 19.8 Å². The van der Waals surface area contributed by atoms with Gasteiger partial charge in [0.25, 0.3) is 0 Å². The highest BCUT2D eigenvalue weighted by molar-refractivity contribution is 6.30. The van der Waals surface area contributed by atoms with Crippen LogP contribution < -0.4 is 4.90 Å². The van der Waals surface area contributed by atoms with Crippen molar-refractivity contribution in [3.05, 3.63) is 40.9 Å². The topological polar surface area (TPSA) is 123 Å². The predicted octanol–water partition coefficient (Wildman–Crippen LogP) is 4.34. The number of imidazole rings is 1. The summed E-state index contributed by atoms with van der Waals surface area (Å²) in [6.45, 7) is 2.14. The van der Waals surface area contributed by atoms with E-state index in [1.807, 2.05) is 23.6 Å². The number of hydrogen-bond acceptors (Lipinski definition) is 6. The van der Waals surface area contributed by atoms with Gasteiger partial charge in [0.15, 0.2) is 0 Å². The van der Waals surface area contributed by atoms with E-state index < -0.39 is 24.1 Å². The van der Waals surface area contributed by atoms with Crippen LogP contribution >= 0.6 is 11.6 Å². The third-order valence-corrected chi connectivity index (χ3v) is 7.67. The molecule has 1 aliphatic carbocycles. The number of aliphatic hydroxyl groups is 1. The minimum Gasteiger partial charge on any atom is -0.481 e. The summed E-state index contributed by atoms with van der Waals surface area (Å²) in [4.78, 5) is 31.0. The van der Waals surface area contributed by atoms with Crippen molar-refractivity contribution >= 4 is 40.4 Å². The minimum absolute atomic E-state index is 0.0196. The second kappa shape index (κ2) is 9.74. The Balaban J connectivity index is 1.64. The number of carboxylic acid groups (broad SMARTS) is 1. The smallest absolute Gasteiger partial charge is 0.414 e. The van der Waals surface area contributed by atoms with Crippen molar-refractivity contribution in [3.8, 4) is 0 Å². The number of carbonyl (C=O) groups excluding carboxylic acids is 1. The van der Waals surface area contributed by atoms with Gasteiger partial charge in [-0.15, -0.1) is 0 Å². The number of methoxy groups -OCH3 is 1. The molecule has 36 heavy (non-hydrogen) atoms. The van der Waals surface area contributed by atoms with Gasteiger partial charge >= 0.3 is 12.1 Å². The summed E-state index contributed by atoms with van der Waals surface area (Å²) in [6, 6.07) is 3.69. The van der Waals surface area contributed by atoms with Gasteiger partial charge < -0.3 is 19.5 Å². The second-order valence-corrected chi connectivity index (χ2v) is 10.2. The highest BCUT2D eigenvalue weighted by Crippen LogP contribution is 2.41.